The summed E-state index contributed by atoms with van der Waals surface area (Å²) in [5, 5.41) is 19.1. The second kappa shape index (κ2) is 9.54. The molecule has 0 saturated carbocycles. The van der Waals surface area contributed by atoms with E-state index in [9.17, 15) is 10.5 Å². The van der Waals surface area contributed by atoms with Crippen molar-refractivity contribution in [2.75, 3.05) is 0 Å². The number of hydrogen-bond donors (Lipinski definition) is 0. The summed E-state index contributed by atoms with van der Waals surface area (Å²) in [6.45, 7) is 21.4. The molecule has 0 bridgehead atoms. The summed E-state index contributed by atoms with van der Waals surface area (Å²) < 4.78 is 32.8. The van der Waals surface area contributed by atoms with Crippen LogP contribution < -0.4 is 10.4 Å². The average molecular weight is 531 g/mol. The predicted molar refractivity (Wildman–Crippen MR) is 137 cm³/mol. The van der Waals surface area contributed by atoms with Crippen molar-refractivity contribution in [1.29, 1.82) is 10.5 Å². The van der Waals surface area contributed by atoms with E-state index in [1.807, 2.05) is 0 Å². The highest BCUT2D eigenvalue weighted by Gasteiger charge is 2.37. The molecule has 0 amide bonds. The van der Waals surface area contributed by atoms with Gasteiger partial charge in [0, 0.05) is 40.0 Å². The fourth-order valence-corrected chi connectivity index (χ4v) is 5.15. The quantitative estimate of drug-likeness (QED) is 0.364. The molecule has 3 aromatic rings. The number of benzene rings is 1. The standard InChI is InChI=1S/C28H16F2N10/c1-11-35-12(2)38-27(37-11)22-17-7-16(15(9-31)10-32)24(29)20(17)23(28-39-13(3)36-14(4)40-28)18-8-19(25(30)21(18)22)26(33-5)34-6/h7-8H2,1-4H3. The van der Waals surface area contributed by atoms with Crippen LogP contribution >= 0.6 is 0 Å². The van der Waals surface area contributed by atoms with E-state index in [2.05, 4.69) is 39.6 Å². The SMILES string of the molecule is [C-]#[N+]C([N+]#[C-])=C1Cc2c(-c3nc(C)nc(C)n3)c3c(c(-c4nc(C)nc(C)n4)c2=C1F)CC(=C(C#N)C#N)C=3F. The van der Waals surface area contributed by atoms with E-state index in [0.717, 1.165) is 0 Å². The number of fused-ring (bicyclic) bond motifs is 2. The minimum Gasteiger partial charge on any atom is -0.219 e. The van der Waals surface area contributed by atoms with Gasteiger partial charge in [-0.25, -0.2) is 38.7 Å². The molecule has 1 aromatic carbocycles. The van der Waals surface area contributed by atoms with E-state index in [-0.39, 0.29) is 68.3 Å². The van der Waals surface area contributed by atoms with Crippen LogP contribution in [0.2, 0.25) is 0 Å². The van der Waals surface area contributed by atoms with Crippen LogP contribution in [0.25, 0.3) is 44.1 Å². The number of rotatable bonds is 2. The van der Waals surface area contributed by atoms with E-state index < -0.39 is 23.0 Å². The van der Waals surface area contributed by atoms with Gasteiger partial charge in [-0.1, -0.05) is 0 Å². The molecule has 10 nitrogen and oxygen atoms in total. The van der Waals surface area contributed by atoms with Crippen molar-refractivity contribution in [3.05, 3.63) is 90.2 Å². The van der Waals surface area contributed by atoms with Gasteiger partial charge in [0.25, 0.3) is 0 Å². The largest absolute Gasteiger partial charge is 0.525 e. The monoisotopic (exact) mass is 530 g/mol. The van der Waals surface area contributed by atoms with E-state index >= 15 is 8.78 Å². The van der Waals surface area contributed by atoms with Crippen molar-refractivity contribution >= 4 is 11.7 Å². The van der Waals surface area contributed by atoms with Gasteiger partial charge in [0.1, 0.15) is 65.8 Å². The molecular formula is C28H16F2N10. The molecule has 0 unspecified atom stereocenters. The van der Waals surface area contributed by atoms with Crippen molar-refractivity contribution in [2.24, 2.45) is 0 Å². The van der Waals surface area contributed by atoms with E-state index in [1.165, 1.54) is 0 Å². The van der Waals surface area contributed by atoms with Crippen LogP contribution in [-0.4, -0.2) is 29.9 Å². The number of halogens is 2. The van der Waals surface area contributed by atoms with Crippen LogP contribution in [0.4, 0.5) is 8.78 Å². The Morgan fingerprint density at radius 3 is 1.43 bits per heavy atom. The zero-order valence-electron chi connectivity index (χ0n) is 21.6. The Bertz CT molecular complexity index is 1840. The Morgan fingerprint density at radius 1 is 0.675 bits per heavy atom. The lowest BCUT2D eigenvalue weighted by atomic mass is 9.92. The molecule has 0 fully saturated rings. The highest BCUT2D eigenvalue weighted by atomic mass is 19.1. The summed E-state index contributed by atoms with van der Waals surface area (Å²) in [4.78, 5) is 32.4. The highest BCUT2D eigenvalue weighted by molar-refractivity contribution is 5.87. The second-order valence-electron chi connectivity index (χ2n) is 9.05. The molecular weight excluding hydrogens is 514 g/mol. The van der Waals surface area contributed by atoms with Gasteiger partial charge in [-0.05, 0) is 38.8 Å². The molecule has 0 aliphatic heterocycles. The van der Waals surface area contributed by atoms with Crippen LogP contribution in [0.1, 0.15) is 34.4 Å². The van der Waals surface area contributed by atoms with Crippen molar-refractivity contribution in [3.8, 4) is 34.9 Å². The normalized spacial score (nSPS) is 13.2. The van der Waals surface area contributed by atoms with Gasteiger partial charge >= 0.3 is 5.82 Å². The topological polar surface area (TPSA) is 134 Å². The molecule has 40 heavy (non-hydrogen) atoms. The van der Waals surface area contributed by atoms with Crippen molar-refractivity contribution < 1.29 is 8.78 Å². The molecule has 2 aliphatic rings. The summed E-state index contributed by atoms with van der Waals surface area (Å²) in [5.41, 5.74) is -0.00573. The number of hydrogen-bond acceptors (Lipinski definition) is 8. The summed E-state index contributed by atoms with van der Waals surface area (Å²) in [6.07, 6.45) is -0.454. The molecule has 2 aromatic heterocycles. The smallest absolute Gasteiger partial charge is 0.219 e. The Labute approximate surface area is 226 Å². The molecule has 0 N–H and O–H groups in total. The maximum atomic E-state index is 16.4. The lowest BCUT2D eigenvalue weighted by Gasteiger charge is -2.14. The third-order valence-corrected chi connectivity index (χ3v) is 6.56. The maximum absolute atomic E-state index is 16.4. The van der Waals surface area contributed by atoms with E-state index in [4.69, 9.17) is 13.1 Å². The van der Waals surface area contributed by atoms with Gasteiger partial charge in [-0.15, -0.1) is 0 Å². The molecule has 0 radical (unpaired) electrons. The molecule has 0 spiro atoms. The lowest BCUT2D eigenvalue weighted by molar-refractivity contribution is 0.751. The van der Waals surface area contributed by atoms with Gasteiger partial charge in [0.15, 0.2) is 11.6 Å². The first-order chi connectivity index (χ1) is 19.1. The van der Waals surface area contributed by atoms with Crippen LogP contribution in [0.3, 0.4) is 0 Å². The van der Waals surface area contributed by atoms with Gasteiger partial charge < -0.3 is 0 Å². The summed E-state index contributed by atoms with van der Waals surface area (Å²) in [6, 6.07) is 3.48. The first-order valence-corrected chi connectivity index (χ1v) is 11.8. The zero-order valence-corrected chi connectivity index (χ0v) is 21.6. The maximum Gasteiger partial charge on any atom is 0.525 e. The fraction of sp³-hybridized carbons (Fsp3) is 0.214. The fourth-order valence-electron chi connectivity index (χ4n) is 5.15. The number of allylic oxidation sites excluding steroid dienone is 3. The molecule has 2 heterocycles. The molecule has 12 heteroatoms. The number of aryl methyl sites for hydroxylation is 4. The molecule has 2 aliphatic carbocycles. The summed E-state index contributed by atoms with van der Waals surface area (Å²) in [5.74, 6) is -0.693. The molecule has 5 rings (SSSR count). The van der Waals surface area contributed by atoms with Crippen LogP contribution in [0.15, 0.2) is 22.5 Å². The number of aromatic nitrogens is 6. The Morgan fingerprint density at radius 2 is 1.05 bits per heavy atom. The highest BCUT2D eigenvalue weighted by Crippen LogP contribution is 2.38. The summed E-state index contributed by atoms with van der Waals surface area (Å²) >= 11 is 0. The molecule has 0 atom stereocenters. The van der Waals surface area contributed by atoms with Crippen LogP contribution in [-0.2, 0) is 12.8 Å². The van der Waals surface area contributed by atoms with Crippen LogP contribution in [0.5, 0.6) is 0 Å². The summed E-state index contributed by atoms with van der Waals surface area (Å²) in [7, 11) is 0. The first kappa shape index (κ1) is 25.9. The third kappa shape index (κ3) is 3.88. The van der Waals surface area contributed by atoms with Crippen molar-refractivity contribution in [3.63, 3.8) is 0 Å². The second-order valence-corrected chi connectivity index (χ2v) is 9.05. The molecule has 192 valence electrons. The van der Waals surface area contributed by atoms with E-state index in [1.54, 1.807) is 39.8 Å². The van der Waals surface area contributed by atoms with Crippen molar-refractivity contribution in [2.45, 2.75) is 40.5 Å². The predicted octanol–water partition coefficient (Wildman–Crippen LogP) is 3.29. The Hall–Kier alpha value is -5.72. The third-order valence-electron chi connectivity index (χ3n) is 6.56. The Balaban J connectivity index is 2.11. The van der Waals surface area contributed by atoms with E-state index in [0.29, 0.717) is 23.3 Å². The van der Waals surface area contributed by atoms with Gasteiger partial charge in [-0.3, -0.25) is 0 Å². The average Bonchev–Trinajstić information content (AvgIpc) is 3.40. The van der Waals surface area contributed by atoms with Gasteiger partial charge in [0.05, 0.1) is 5.57 Å². The van der Waals surface area contributed by atoms with Gasteiger partial charge in [-0.2, -0.15) is 20.2 Å². The minimum absolute atomic E-state index is 0.0150. The number of nitriles is 2. The zero-order chi connectivity index (χ0) is 28.9. The molecule has 0 saturated heterocycles. The lowest BCUT2D eigenvalue weighted by Crippen LogP contribution is -2.26. The minimum atomic E-state index is -0.848. The van der Waals surface area contributed by atoms with Gasteiger partial charge in [0.2, 0.25) is 0 Å². The Kier molecular flexibility index (Phi) is 6.18. The first-order valence-electron chi connectivity index (χ1n) is 11.8. The van der Waals surface area contributed by atoms with Crippen molar-refractivity contribution in [1.82, 2.24) is 29.9 Å². The van der Waals surface area contributed by atoms with Crippen LogP contribution in [0, 0.1) is 63.5 Å². The number of nitrogens with zero attached hydrogens (tertiary/aromatic N) is 10.